The zero-order chi connectivity index (χ0) is 82.4. The number of halogens is 1. The van der Waals surface area contributed by atoms with Crippen molar-refractivity contribution >= 4 is 49.3 Å². The number of aliphatic hydroxyl groups excluding tert-OH is 15. The summed E-state index contributed by atoms with van der Waals surface area (Å²) in [6.45, 7) is -4.05. The number of carboxylic acids is 3. The molecule has 47 nitrogen and oxygen atoms in total. The number of carboxylic acid groups (broad SMARTS) is 3. The van der Waals surface area contributed by atoms with Gasteiger partial charge in [-0.3, -0.25) is 9.59 Å². The van der Waals surface area contributed by atoms with Crippen LogP contribution in [-0.2, 0) is 85.0 Å². The van der Waals surface area contributed by atoms with Crippen LogP contribution in [0.3, 0.4) is 0 Å². The van der Waals surface area contributed by atoms with Crippen molar-refractivity contribution in [2.75, 3.05) is 58.4 Å². The minimum Gasteiger partial charge on any atom is -0.479 e. The summed E-state index contributed by atoms with van der Waals surface area (Å²) in [6.07, 6.45) is -42.1. The molecule has 112 heavy (non-hydrogen) atoms. The number of nitrogens with zero attached hydrogens (tertiary/aromatic N) is 2. The van der Waals surface area contributed by atoms with Gasteiger partial charge in [-0.05, 0) is 18.4 Å². The molecule has 1 aromatic rings. The number of anilines is 1. The summed E-state index contributed by atoms with van der Waals surface area (Å²) < 4.78 is 84.2. The van der Waals surface area contributed by atoms with Crippen LogP contribution in [0.1, 0.15) is 71.4 Å². The van der Waals surface area contributed by atoms with Crippen LogP contribution in [0, 0.1) is 17.8 Å². The molecule has 5 aliphatic heterocycles. The van der Waals surface area contributed by atoms with Crippen LogP contribution in [0.2, 0.25) is 0 Å². The number of aliphatic carboxylic acids is 3. The molecule has 0 aromatic carbocycles. The van der Waals surface area contributed by atoms with E-state index in [-0.39, 0.29) is 31.1 Å². The summed E-state index contributed by atoms with van der Waals surface area (Å²) in [7, 11) is -5.98. The average molecular weight is 1750 g/mol. The fourth-order valence-electron chi connectivity index (χ4n) is 15.6. The smallest absolute Gasteiger partial charge is 0.479 e. The number of ether oxygens (including phenoxy) is 9. The van der Waals surface area contributed by atoms with E-state index in [1.807, 2.05) is 12.2 Å². The Morgan fingerprint density at radius 2 is 1.41 bits per heavy atom. The summed E-state index contributed by atoms with van der Waals surface area (Å²) in [6, 6.07) is -2.43. The molecule has 2 saturated carbocycles. The third-order valence-electron chi connectivity index (χ3n) is 21.5. The van der Waals surface area contributed by atoms with Crippen LogP contribution in [0.15, 0.2) is 29.2 Å². The van der Waals surface area contributed by atoms with Crippen LogP contribution >= 0.6 is 7.82 Å². The van der Waals surface area contributed by atoms with Gasteiger partial charge in [0, 0.05) is 26.6 Å². The van der Waals surface area contributed by atoms with Crippen LogP contribution in [0.4, 0.5) is 5.82 Å². The maximum atomic E-state index is 14.0. The molecule has 638 valence electrons. The second kappa shape index (κ2) is 38.6. The van der Waals surface area contributed by atoms with Crippen molar-refractivity contribution < 1.29 is 207 Å². The van der Waals surface area contributed by atoms with E-state index >= 15 is 0 Å². The van der Waals surface area contributed by atoms with Gasteiger partial charge in [-0.2, -0.15) is 4.98 Å². The Kier molecular flexibility index (Phi) is 31.3. The molecule has 4 bridgehead atoms. The van der Waals surface area contributed by atoms with Gasteiger partial charge in [-0.25, -0.2) is 14.4 Å². The SMILES string of the molecule is CC(=O)NC1C(O)[C@H](O)C(CO)O[C@@H]1O[C@@H]1C(C(=O)O)O[C@@H](O[C@@H]2C(CO)O[C@H](O[C@@H](C(O)OCCNC34CCCC(NCC(=O)NC[C@@H]5C(O)C[C@@](OP(=O)([O-])OC[C@H]6O[C@@H](n7ccc(N)nc7=O)[C@@H](O)[C@H]6O)(C(=O)O)OC5C([I-]O)[C@H](O)CO)(CC3)C(O)C3C=CC4CC3)C(O)C(=O)O)C(NC(C)=O)C2O)C(O)C1O. The van der Waals surface area contributed by atoms with Crippen LogP contribution in [-0.4, -0.2) is 367 Å². The molecule has 49 heteroatoms. The molecule has 26 N–H and O–H groups in total. The molecular weight excluding hydrogens is 1650 g/mol. The molecule has 10 rings (SSSR count). The number of rotatable bonds is 35. The Bertz CT molecular complexity index is 3530. The van der Waals surface area contributed by atoms with E-state index < -0.39 is 315 Å². The molecule has 9 aliphatic rings. The van der Waals surface area contributed by atoms with Crippen molar-refractivity contribution in [2.24, 2.45) is 17.8 Å². The number of aliphatic hydroxyl groups is 15. The van der Waals surface area contributed by atoms with Gasteiger partial charge < -0.3 is 111 Å². The minimum atomic E-state index is -5.98. The molecule has 0 spiro atoms. The monoisotopic (exact) mass is 1750 g/mol. The van der Waals surface area contributed by atoms with E-state index in [0.717, 1.165) is 30.7 Å². The van der Waals surface area contributed by atoms with Crippen molar-refractivity contribution in [3.8, 4) is 0 Å². The van der Waals surface area contributed by atoms with Crippen LogP contribution in [0.25, 0.3) is 0 Å². The minimum absolute atomic E-state index is 0.105. The van der Waals surface area contributed by atoms with Gasteiger partial charge in [0.1, 0.15) is 78.9 Å². The van der Waals surface area contributed by atoms with Crippen molar-refractivity contribution in [3.63, 3.8) is 0 Å². The molecule has 5 saturated heterocycles. The van der Waals surface area contributed by atoms with Crippen molar-refractivity contribution in [1.29, 1.82) is 0 Å². The van der Waals surface area contributed by atoms with Crippen LogP contribution in [0.5, 0.6) is 0 Å². The summed E-state index contributed by atoms with van der Waals surface area (Å²) >= 11 is -2.30. The predicted octanol–water partition coefficient (Wildman–Crippen LogP) is -16.1. The summed E-state index contributed by atoms with van der Waals surface area (Å²) in [5, 5.41) is 210. The third-order valence-corrected chi connectivity index (χ3v) is 24.6. The van der Waals surface area contributed by atoms with Crippen molar-refractivity contribution in [2.45, 2.75) is 245 Å². The number of nitrogens with two attached hydrogens (primary N) is 1. The fourth-order valence-corrected chi connectivity index (χ4v) is 18.2. The Labute approximate surface area is 646 Å². The second-order valence-corrected chi connectivity index (χ2v) is 32.0. The molecule has 3 amide bonds. The molecular formula is C63H98IN8O39P-2. The first-order valence-electron chi connectivity index (χ1n) is 35.6. The first-order chi connectivity index (χ1) is 52.8. The molecule has 1 aromatic heterocycles. The van der Waals surface area contributed by atoms with Crippen molar-refractivity contribution in [1.82, 2.24) is 36.1 Å². The van der Waals surface area contributed by atoms with E-state index in [9.17, 15) is 138 Å². The number of alkyl halides is 1. The Hall–Kier alpha value is -5.00. The summed E-state index contributed by atoms with van der Waals surface area (Å²) in [5.41, 5.74) is 2.52. The summed E-state index contributed by atoms with van der Waals surface area (Å²) in [4.78, 5) is 107. The maximum absolute atomic E-state index is 14.0. The first kappa shape index (κ1) is 90.9. The number of hydrogen-bond acceptors (Lipinski definition) is 40. The molecule has 34 atom stereocenters. The number of nitrogens with one attached hydrogen (secondary N) is 5. The van der Waals surface area contributed by atoms with Gasteiger partial charge in [0.25, 0.3) is 0 Å². The predicted molar refractivity (Wildman–Crippen MR) is 354 cm³/mol. The van der Waals surface area contributed by atoms with Crippen LogP contribution < -0.4 is 64.5 Å². The number of aromatic nitrogens is 2. The number of phosphoric acid groups is 1. The zero-order valence-electron chi connectivity index (χ0n) is 59.9. The number of nitrogen functional groups attached to an aromatic ring is 1. The quantitative estimate of drug-likeness (QED) is 0.00749. The van der Waals surface area contributed by atoms with E-state index in [4.69, 9.17) is 57.4 Å². The van der Waals surface area contributed by atoms with E-state index in [1.165, 1.54) is 0 Å². The van der Waals surface area contributed by atoms with Gasteiger partial charge in [-0.1, -0.05) is 6.08 Å². The Balaban J connectivity index is 0.820. The average Bonchev–Trinajstić information content (AvgIpc) is 1.71. The zero-order valence-corrected chi connectivity index (χ0v) is 63.0. The number of carbonyl (C=O) groups excluding carboxylic acids is 3. The molecule has 6 heterocycles. The first-order valence-corrected chi connectivity index (χ1v) is 39.3. The number of amides is 3. The second-order valence-electron chi connectivity index (χ2n) is 28.7. The van der Waals surface area contributed by atoms with Gasteiger partial charge in [0.15, 0.2) is 37.4 Å². The number of hydrogen-bond donors (Lipinski definition) is 25. The van der Waals surface area contributed by atoms with E-state index in [1.54, 1.807) is 0 Å². The molecule has 0 radical (unpaired) electrons. The van der Waals surface area contributed by atoms with E-state index in [2.05, 4.69) is 31.6 Å². The number of fused-ring (bicyclic) bond motifs is 1. The fraction of sp³-hybridized carbons (Fsp3) is 0.810. The normalized spacial score (nSPS) is 40.0. The van der Waals surface area contributed by atoms with Gasteiger partial charge in [0.2, 0.25) is 11.8 Å². The number of phosphoric ester groups is 1. The molecule has 4 aliphatic carbocycles. The standard InChI is InChI=1S/C63H99IN8O39P/c1-23(76)69-36-40(83)38(81)30(20-74)104-56(36)107-48-42(85)44(87)58(109-50(48)54(92)93)106-47-31(21-75)105-57(37(41(47)84)70-24(2)77)108-49(45(88)53(90)91)55(94)101-15-13-67-61-9-3-10-62(12-11-61,51(89)25-4-6-26(61)7-5-25)68-18-34(80)66-17-27-28(78)16-63(59(95)96,110-46(27)35(64-98)29(79)19-73)111-112(99,100)102-22-32-39(82)43(86)52(103-32)72-14-8-33(65)71-60(72)97/h4,6,8,14,25-32,35-52,55-58,67-68,73-75,78-79,81-89,94,98H,3,5,7,9-13,15-22H2,1-2H3,(H,66,80)(H,69,76)(H,70,77)(H,90,91)(H,92,93)(H,95,96)(H,99,100)(H2,65,71,97)/q-1/p-1/t25?,26?,27-,28?,29-,30?,31?,32-,35?,36?,37?,38-,39+,40?,41?,42?,43+,44?,45?,46?,47-,48+,49-,50?,51?,52-,55?,56-,57-,58-,61?,62?,63-/m1/s1. The molecule has 7 fully saturated rings. The van der Waals surface area contributed by atoms with Crippen molar-refractivity contribution in [3.05, 3.63) is 34.9 Å². The van der Waals surface area contributed by atoms with Gasteiger partial charge in [0.05, 0.1) is 19.8 Å². The third kappa shape index (κ3) is 20.4. The summed E-state index contributed by atoms with van der Waals surface area (Å²) in [5.74, 6) is -14.3. The Morgan fingerprint density at radius 3 is 2.02 bits per heavy atom. The molecule has 20 unspecified atom stereocenters. The number of carbonyl (C=O) groups is 6. The van der Waals surface area contributed by atoms with Gasteiger partial charge >= 0.3 is 310 Å². The Morgan fingerprint density at radius 1 is 0.768 bits per heavy atom. The van der Waals surface area contributed by atoms with E-state index in [0.29, 0.717) is 32.1 Å². The van der Waals surface area contributed by atoms with Gasteiger partial charge in [-0.15, -0.1) is 0 Å². The topological polar surface area (TPSA) is 750 Å².